The summed E-state index contributed by atoms with van der Waals surface area (Å²) >= 11 is 1.85. The van der Waals surface area contributed by atoms with E-state index < -0.39 is 0 Å². The number of hydrogen-bond acceptors (Lipinski definition) is 5. The van der Waals surface area contributed by atoms with E-state index in [-0.39, 0.29) is 6.10 Å². The molecule has 7 heteroatoms. The van der Waals surface area contributed by atoms with Gasteiger partial charge >= 0.3 is 0 Å². The molecule has 170 valence electrons. The molecule has 0 spiro atoms. The second kappa shape index (κ2) is 12.6. The second-order valence-electron chi connectivity index (χ2n) is 8.82. The van der Waals surface area contributed by atoms with Crippen LogP contribution in [-0.4, -0.2) is 79.3 Å². The first-order chi connectivity index (χ1) is 14.7. The first kappa shape index (κ1) is 23.5. The third kappa shape index (κ3) is 7.52. The van der Waals surface area contributed by atoms with Crippen LogP contribution >= 0.6 is 11.3 Å². The highest BCUT2D eigenvalue weighted by Gasteiger charge is 2.25. The molecular weight excluding hydrogens is 394 g/mol. The number of nitrogens with zero attached hydrogens (tertiary/aromatic N) is 3. The predicted octanol–water partition coefficient (Wildman–Crippen LogP) is 2.92. The van der Waals surface area contributed by atoms with Crippen LogP contribution in [0.25, 0.3) is 0 Å². The zero-order valence-corrected chi connectivity index (χ0v) is 19.7. The van der Waals surface area contributed by atoms with Crippen molar-refractivity contribution < 1.29 is 5.11 Å². The molecule has 3 heterocycles. The van der Waals surface area contributed by atoms with Crippen LogP contribution in [0.3, 0.4) is 0 Å². The minimum absolute atomic E-state index is 0.0914. The lowest BCUT2D eigenvalue weighted by atomic mass is 9.97. The van der Waals surface area contributed by atoms with Gasteiger partial charge in [0.25, 0.3) is 0 Å². The zero-order chi connectivity index (χ0) is 21.2. The molecule has 1 unspecified atom stereocenters. The molecule has 2 saturated heterocycles. The Bertz CT molecular complexity index is 607. The van der Waals surface area contributed by atoms with Crippen molar-refractivity contribution in [2.75, 3.05) is 52.4 Å². The summed E-state index contributed by atoms with van der Waals surface area (Å²) in [5, 5.41) is 18.8. The Labute approximate surface area is 186 Å². The summed E-state index contributed by atoms with van der Waals surface area (Å²) in [5.74, 6) is 1.77. The van der Waals surface area contributed by atoms with Crippen LogP contribution in [0, 0.1) is 5.92 Å². The Morgan fingerprint density at radius 2 is 1.97 bits per heavy atom. The molecule has 0 aliphatic carbocycles. The van der Waals surface area contributed by atoms with Crippen LogP contribution in [0.1, 0.15) is 56.9 Å². The van der Waals surface area contributed by atoms with Crippen LogP contribution in [0.15, 0.2) is 22.5 Å². The van der Waals surface area contributed by atoms with E-state index in [1.54, 1.807) is 0 Å². The van der Waals surface area contributed by atoms with Gasteiger partial charge in [-0.15, -0.1) is 11.3 Å². The van der Waals surface area contributed by atoms with Crippen molar-refractivity contribution >= 4 is 17.3 Å². The van der Waals surface area contributed by atoms with E-state index in [0.29, 0.717) is 6.04 Å². The number of thiophene rings is 1. The minimum Gasteiger partial charge on any atom is -0.393 e. The molecule has 2 aliphatic heterocycles. The number of aliphatic imine (C=N–C) groups is 1. The van der Waals surface area contributed by atoms with Crippen LogP contribution in [0.2, 0.25) is 0 Å². The molecule has 30 heavy (non-hydrogen) atoms. The van der Waals surface area contributed by atoms with Crippen molar-refractivity contribution in [1.29, 1.82) is 0 Å². The Hall–Kier alpha value is -1.15. The van der Waals surface area contributed by atoms with Gasteiger partial charge in [-0.25, -0.2) is 0 Å². The highest BCUT2D eigenvalue weighted by atomic mass is 32.1. The SMILES string of the molecule is CCNC(=NCC(c1cccs1)N1CCC(C)CC1)NCCCN1CCC(O)CC1. The maximum Gasteiger partial charge on any atom is 0.191 e. The number of aliphatic hydroxyl groups excluding tert-OH is 1. The van der Waals surface area contributed by atoms with Crippen LogP contribution in [-0.2, 0) is 0 Å². The summed E-state index contributed by atoms with van der Waals surface area (Å²) in [6.07, 6.45) is 5.41. The lowest BCUT2D eigenvalue weighted by molar-refractivity contribution is 0.0823. The Morgan fingerprint density at radius 1 is 1.20 bits per heavy atom. The topological polar surface area (TPSA) is 63.1 Å². The van der Waals surface area contributed by atoms with Crippen molar-refractivity contribution in [3.8, 4) is 0 Å². The normalized spacial score (nSPS) is 21.6. The van der Waals surface area contributed by atoms with Crippen LogP contribution in [0.5, 0.6) is 0 Å². The lowest BCUT2D eigenvalue weighted by Gasteiger charge is -2.35. The number of hydrogen-bond donors (Lipinski definition) is 3. The molecule has 1 atom stereocenters. The van der Waals surface area contributed by atoms with Crippen LogP contribution < -0.4 is 10.6 Å². The molecule has 2 fully saturated rings. The fraction of sp³-hybridized carbons (Fsp3) is 0.783. The van der Waals surface area contributed by atoms with Gasteiger partial charge in [-0.05, 0) is 76.0 Å². The number of rotatable bonds is 9. The molecule has 0 amide bonds. The Kier molecular flexibility index (Phi) is 9.91. The van der Waals surface area contributed by atoms with E-state index in [0.717, 1.165) is 70.4 Å². The molecule has 0 saturated carbocycles. The quantitative estimate of drug-likeness (QED) is 0.316. The van der Waals surface area contributed by atoms with E-state index >= 15 is 0 Å². The summed E-state index contributed by atoms with van der Waals surface area (Å²) in [4.78, 5) is 11.5. The van der Waals surface area contributed by atoms with Crippen molar-refractivity contribution in [1.82, 2.24) is 20.4 Å². The monoisotopic (exact) mass is 435 g/mol. The summed E-state index contributed by atoms with van der Waals surface area (Å²) in [6, 6.07) is 4.80. The standard InChI is InChI=1S/C23H41N5OS/c1-3-24-23(25-11-5-12-27-13-9-20(29)10-14-27)26-18-21(22-6-4-17-30-22)28-15-7-19(2)8-16-28/h4,6,17,19-21,29H,3,5,7-16,18H2,1-2H3,(H2,24,25,26). The zero-order valence-electron chi connectivity index (χ0n) is 18.9. The summed E-state index contributed by atoms with van der Waals surface area (Å²) < 4.78 is 0. The first-order valence-corrected chi connectivity index (χ1v) is 12.7. The molecule has 0 bridgehead atoms. The van der Waals surface area contributed by atoms with Crippen molar-refractivity contribution in [3.05, 3.63) is 22.4 Å². The fourth-order valence-electron chi connectivity index (χ4n) is 4.38. The highest BCUT2D eigenvalue weighted by Crippen LogP contribution is 2.29. The number of aliphatic hydroxyl groups is 1. The van der Waals surface area contributed by atoms with Gasteiger partial charge in [0.05, 0.1) is 18.7 Å². The van der Waals surface area contributed by atoms with E-state index in [1.807, 2.05) is 11.3 Å². The van der Waals surface area contributed by atoms with Gasteiger partial charge in [0.2, 0.25) is 0 Å². The van der Waals surface area contributed by atoms with E-state index in [9.17, 15) is 5.11 Å². The van der Waals surface area contributed by atoms with E-state index in [4.69, 9.17) is 4.99 Å². The first-order valence-electron chi connectivity index (χ1n) is 11.9. The molecule has 3 rings (SSSR count). The van der Waals surface area contributed by atoms with Gasteiger partial charge < -0.3 is 20.6 Å². The molecule has 2 aliphatic rings. The third-order valence-corrected chi connectivity index (χ3v) is 7.37. The number of piperidine rings is 2. The summed E-state index contributed by atoms with van der Waals surface area (Å²) in [5.41, 5.74) is 0. The van der Waals surface area contributed by atoms with E-state index in [2.05, 4.69) is 51.8 Å². The largest absolute Gasteiger partial charge is 0.393 e. The van der Waals surface area contributed by atoms with Crippen molar-refractivity contribution in [2.45, 2.75) is 58.1 Å². The van der Waals surface area contributed by atoms with Gasteiger partial charge in [0, 0.05) is 31.1 Å². The Morgan fingerprint density at radius 3 is 2.63 bits per heavy atom. The lowest BCUT2D eigenvalue weighted by Crippen LogP contribution is -2.41. The van der Waals surface area contributed by atoms with Crippen LogP contribution in [0.4, 0.5) is 0 Å². The molecule has 6 nitrogen and oxygen atoms in total. The molecule has 1 aromatic rings. The average Bonchev–Trinajstić information content (AvgIpc) is 3.28. The molecular formula is C23H41N5OS. The van der Waals surface area contributed by atoms with Gasteiger partial charge in [0.15, 0.2) is 5.96 Å². The predicted molar refractivity (Wildman–Crippen MR) is 127 cm³/mol. The smallest absolute Gasteiger partial charge is 0.191 e. The average molecular weight is 436 g/mol. The maximum atomic E-state index is 9.64. The van der Waals surface area contributed by atoms with E-state index in [1.165, 1.54) is 30.8 Å². The molecule has 3 N–H and O–H groups in total. The van der Waals surface area contributed by atoms with Gasteiger partial charge in [-0.2, -0.15) is 0 Å². The number of nitrogens with one attached hydrogen (secondary N) is 2. The summed E-state index contributed by atoms with van der Waals surface area (Å²) in [6.45, 7) is 12.6. The third-order valence-electron chi connectivity index (χ3n) is 6.40. The maximum absolute atomic E-state index is 9.64. The Balaban J connectivity index is 1.49. The second-order valence-corrected chi connectivity index (χ2v) is 9.80. The fourth-order valence-corrected chi connectivity index (χ4v) is 5.23. The summed E-state index contributed by atoms with van der Waals surface area (Å²) in [7, 11) is 0. The molecule has 1 aromatic heterocycles. The minimum atomic E-state index is -0.0914. The van der Waals surface area contributed by atoms with Crippen molar-refractivity contribution in [2.24, 2.45) is 10.9 Å². The van der Waals surface area contributed by atoms with Gasteiger partial charge in [-0.1, -0.05) is 13.0 Å². The highest BCUT2D eigenvalue weighted by molar-refractivity contribution is 7.10. The number of guanidine groups is 1. The molecule has 0 aromatic carbocycles. The van der Waals surface area contributed by atoms with Gasteiger partial charge in [-0.3, -0.25) is 9.89 Å². The molecule has 0 radical (unpaired) electrons. The van der Waals surface area contributed by atoms with Gasteiger partial charge in [0.1, 0.15) is 0 Å². The number of likely N-dealkylation sites (tertiary alicyclic amines) is 2. The van der Waals surface area contributed by atoms with Crippen molar-refractivity contribution in [3.63, 3.8) is 0 Å².